The van der Waals surface area contributed by atoms with Gasteiger partial charge >= 0.3 is 0 Å². The van der Waals surface area contributed by atoms with Crippen LogP contribution < -0.4 is 0 Å². The molecule has 1 aromatic rings. The molecule has 2 rings (SSSR count). The van der Waals surface area contributed by atoms with Crippen LogP contribution in [0.2, 0.25) is 0 Å². The fourth-order valence-electron chi connectivity index (χ4n) is 2.76. The van der Waals surface area contributed by atoms with Crippen molar-refractivity contribution in [1.82, 2.24) is 4.90 Å². The molecule has 0 spiro atoms. The van der Waals surface area contributed by atoms with Crippen LogP contribution in [0.25, 0.3) is 0 Å². The summed E-state index contributed by atoms with van der Waals surface area (Å²) < 4.78 is 0. The Kier molecular flexibility index (Phi) is 4.25. The van der Waals surface area contributed by atoms with Crippen molar-refractivity contribution < 1.29 is 10.2 Å². The van der Waals surface area contributed by atoms with Gasteiger partial charge in [0.05, 0.1) is 6.61 Å². The number of hydrogen-bond acceptors (Lipinski definition) is 3. The van der Waals surface area contributed by atoms with Gasteiger partial charge in [0.15, 0.2) is 0 Å². The molecule has 3 nitrogen and oxygen atoms in total. The topological polar surface area (TPSA) is 43.7 Å². The molecule has 2 unspecified atom stereocenters. The highest BCUT2D eigenvalue weighted by Gasteiger charge is 2.25. The predicted octanol–water partition coefficient (Wildman–Crippen LogP) is 2.50. The molecule has 18 heavy (non-hydrogen) atoms. The molecule has 1 aliphatic heterocycles. The number of aliphatic hydroxyl groups is 1. The molecule has 0 bridgehead atoms. The highest BCUT2D eigenvalue weighted by atomic mass is 16.3. The van der Waals surface area contributed by atoms with E-state index in [-0.39, 0.29) is 12.4 Å². The van der Waals surface area contributed by atoms with E-state index in [9.17, 15) is 5.11 Å². The Labute approximate surface area is 109 Å². The molecule has 0 amide bonds. The summed E-state index contributed by atoms with van der Waals surface area (Å²) in [5.74, 6) is 0.965. The molecule has 0 saturated carbocycles. The zero-order valence-electron chi connectivity index (χ0n) is 11.3. The van der Waals surface area contributed by atoms with Crippen LogP contribution in [0, 0.1) is 5.92 Å². The number of nitrogens with zero attached hydrogens (tertiary/aromatic N) is 1. The maximum atomic E-state index is 10.1. The van der Waals surface area contributed by atoms with E-state index in [2.05, 4.69) is 18.7 Å². The first kappa shape index (κ1) is 13.4. The van der Waals surface area contributed by atoms with Crippen LogP contribution in [0.4, 0.5) is 0 Å². The number of benzene rings is 1. The Bertz CT molecular complexity index is 405. The highest BCUT2D eigenvalue weighted by Crippen LogP contribution is 2.28. The minimum atomic E-state index is -0.106. The summed E-state index contributed by atoms with van der Waals surface area (Å²) in [7, 11) is 0. The van der Waals surface area contributed by atoms with Gasteiger partial charge in [-0.2, -0.15) is 0 Å². The fourth-order valence-corrected chi connectivity index (χ4v) is 2.76. The van der Waals surface area contributed by atoms with Gasteiger partial charge in [0.25, 0.3) is 0 Å². The number of para-hydroxylation sites is 1. The summed E-state index contributed by atoms with van der Waals surface area (Å²) >= 11 is 0. The SMILES string of the molecule is CC1CCCN(Cc2cccc(CO)c2O)C1C. The molecule has 1 aliphatic rings. The second-order valence-corrected chi connectivity index (χ2v) is 5.41. The van der Waals surface area contributed by atoms with Crippen molar-refractivity contribution >= 4 is 0 Å². The molecule has 0 radical (unpaired) electrons. The number of piperidine rings is 1. The van der Waals surface area contributed by atoms with Gasteiger partial charge in [-0.25, -0.2) is 0 Å². The van der Waals surface area contributed by atoms with Gasteiger partial charge in [0.2, 0.25) is 0 Å². The number of hydrogen-bond donors (Lipinski definition) is 2. The van der Waals surface area contributed by atoms with E-state index in [1.54, 1.807) is 6.07 Å². The first-order chi connectivity index (χ1) is 8.63. The molecule has 2 N–H and O–H groups in total. The van der Waals surface area contributed by atoms with E-state index in [1.165, 1.54) is 12.8 Å². The Hall–Kier alpha value is -1.06. The van der Waals surface area contributed by atoms with Crippen molar-refractivity contribution in [1.29, 1.82) is 0 Å². The number of phenols is 1. The van der Waals surface area contributed by atoms with Crippen LogP contribution in [0.15, 0.2) is 18.2 Å². The van der Waals surface area contributed by atoms with Gasteiger partial charge in [-0.3, -0.25) is 4.90 Å². The number of likely N-dealkylation sites (tertiary alicyclic amines) is 1. The Balaban J connectivity index is 2.13. The molecule has 1 heterocycles. The van der Waals surface area contributed by atoms with Crippen molar-refractivity contribution in [3.63, 3.8) is 0 Å². The molecule has 3 heteroatoms. The lowest BCUT2D eigenvalue weighted by Crippen LogP contribution is -2.41. The van der Waals surface area contributed by atoms with Crippen LogP contribution in [-0.4, -0.2) is 27.7 Å². The smallest absolute Gasteiger partial charge is 0.125 e. The minimum absolute atomic E-state index is 0.106. The van der Waals surface area contributed by atoms with Gasteiger partial charge in [-0.05, 0) is 32.2 Å². The van der Waals surface area contributed by atoms with Gasteiger partial charge in [-0.1, -0.05) is 25.1 Å². The predicted molar refractivity (Wildman–Crippen MR) is 72.3 cm³/mol. The molecular formula is C15H23NO2. The zero-order valence-corrected chi connectivity index (χ0v) is 11.3. The number of aliphatic hydroxyl groups excluding tert-OH is 1. The van der Waals surface area contributed by atoms with Crippen LogP contribution >= 0.6 is 0 Å². The van der Waals surface area contributed by atoms with Crippen LogP contribution in [-0.2, 0) is 13.2 Å². The van der Waals surface area contributed by atoms with Crippen molar-refractivity contribution in [2.24, 2.45) is 5.92 Å². The monoisotopic (exact) mass is 249 g/mol. The molecule has 1 saturated heterocycles. The van der Waals surface area contributed by atoms with Crippen LogP contribution in [0.5, 0.6) is 5.75 Å². The summed E-state index contributed by atoms with van der Waals surface area (Å²) in [5.41, 5.74) is 1.53. The van der Waals surface area contributed by atoms with Crippen LogP contribution in [0.3, 0.4) is 0 Å². The average Bonchev–Trinajstić information content (AvgIpc) is 2.37. The van der Waals surface area contributed by atoms with E-state index in [0.29, 0.717) is 17.5 Å². The maximum Gasteiger partial charge on any atom is 0.125 e. The molecule has 1 fully saturated rings. The Morgan fingerprint density at radius 2 is 2.00 bits per heavy atom. The zero-order chi connectivity index (χ0) is 13.1. The molecule has 0 aromatic heterocycles. The molecule has 100 valence electrons. The fraction of sp³-hybridized carbons (Fsp3) is 0.600. The largest absolute Gasteiger partial charge is 0.507 e. The highest BCUT2D eigenvalue weighted by molar-refractivity contribution is 5.39. The van der Waals surface area contributed by atoms with Crippen molar-refractivity contribution in [2.75, 3.05) is 6.54 Å². The Morgan fingerprint density at radius 3 is 2.72 bits per heavy atom. The van der Waals surface area contributed by atoms with Gasteiger partial charge in [0, 0.05) is 23.7 Å². The number of rotatable bonds is 3. The summed E-state index contributed by atoms with van der Waals surface area (Å²) in [6, 6.07) is 6.16. The average molecular weight is 249 g/mol. The third-order valence-corrected chi connectivity index (χ3v) is 4.25. The standard InChI is InChI=1S/C15H23NO2/c1-11-5-4-8-16(12(11)2)9-13-6-3-7-14(10-17)15(13)18/h3,6-7,11-12,17-18H,4-5,8-10H2,1-2H3. The lowest BCUT2D eigenvalue weighted by atomic mass is 9.91. The van der Waals surface area contributed by atoms with E-state index in [1.807, 2.05) is 12.1 Å². The first-order valence-electron chi connectivity index (χ1n) is 6.78. The van der Waals surface area contributed by atoms with Gasteiger partial charge in [0.1, 0.15) is 5.75 Å². The Morgan fingerprint density at radius 1 is 1.28 bits per heavy atom. The van der Waals surface area contributed by atoms with Gasteiger partial charge < -0.3 is 10.2 Å². The van der Waals surface area contributed by atoms with Crippen molar-refractivity contribution in [3.8, 4) is 5.75 Å². The van der Waals surface area contributed by atoms with E-state index in [4.69, 9.17) is 5.11 Å². The van der Waals surface area contributed by atoms with E-state index >= 15 is 0 Å². The van der Waals surface area contributed by atoms with Gasteiger partial charge in [-0.15, -0.1) is 0 Å². The normalized spacial score (nSPS) is 25.3. The van der Waals surface area contributed by atoms with Crippen molar-refractivity contribution in [3.05, 3.63) is 29.3 Å². The lowest BCUT2D eigenvalue weighted by Gasteiger charge is -2.38. The molecule has 0 aliphatic carbocycles. The minimum Gasteiger partial charge on any atom is -0.507 e. The number of aromatic hydroxyl groups is 1. The molecule has 2 atom stereocenters. The first-order valence-corrected chi connectivity index (χ1v) is 6.78. The molecular weight excluding hydrogens is 226 g/mol. The summed E-state index contributed by atoms with van der Waals surface area (Å²) in [6.45, 7) is 6.31. The van der Waals surface area contributed by atoms with E-state index in [0.717, 1.165) is 18.7 Å². The third-order valence-electron chi connectivity index (χ3n) is 4.25. The molecule has 1 aromatic carbocycles. The quantitative estimate of drug-likeness (QED) is 0.865. The summed E-state index contributed by atoms with van der Waals surface area (Å²) in [4.78, 5) is 2.42. The maximum absolute atomic E-state index is 10.1. The second kappa shape index (κ2) is 5.72. The van der Waals surface area contributed by atoms with Crippen LogP contribution in [0.1, 0.15) is 37.8 Å². The summed E-state index contributed by atoms with van der Waals surface area (Å²) in [6.07, 6.45) is 2.52. The third kappa shape index (κ3) is 2.68. The summed E-state index contributed by atoms with van der Waals surface area (Å²) in [5, 5.41) is 19.3. The van der Waals surface area contributed by atoms with E-state index < -0.39 is 0 Å². The van der Waals surface area contributed by atoms with Crippen molar-refractivity contribution in [2.45, 2.75) is 45.9 Å². The lowest BCUT2D eigenvalue weighted by molar-refractivity contribution is 0.105. The second-order valence-electron chi connectivity index (χ2n) is 5.41.